The van der Waals surface area contributed by atoms with E-state index in [1.807, 2.05) is 30.5 Å². The van der Waals surface area contributed by atoms with Crippen LogP contribution in [-0.4, -0.2) is 16.5 Å². The van der Waals surface area contributed by atoms with E-state index < -0.39 is 0 Å². The van der Waals surface area contributed by atoms with Gasteiger partial charge in [0.25, 0.3) is 0 Å². The van der Waals surface area contributed by atoms with Gasteiger partial charge in [0.1, 0.15) is 5.75 Å². The van der Waals surface area contributed by atoms with Crippen molar-refractivity contribution < 1.29 is 4.74 Å². The first kappa shape index (κ1) is 11.6. The molecule has 3 rings (SSSR count). The fourth-order valence-electron chi connectivity index (χ4n) is 1.94. The number of nitrogens with zero attached hydrogens (tertiary/aromatic N) is 2. The maximum Gasteiger partial charge on any atom is 0.194 e. The smallest absolute Gasteiger partial charge is 0.194 e. The molecule has 0 saturated heterocycles. The highest BCUT2D eigenvalue weighted by Crippen LogP contribution is 2.33. The lowest BCUT2D eigenvalue weighted by Gasteiger charge is -2.06. The van der Waals surface area contributed by atoms with Crippen LogP contribution in [0.2, 0.25) is 0 Å². The summed E-state index contributed by atoms with van der Waals surface area (Å²) >= 11 is 7.42. The second kappa shape index (κ2) is 4.63. The van der Waals surface area contributed by atoms with Crippen LogP contribution in [0.3, 0.4) is 0 Å². The molecule has 2 aromatic heterocycles. The van der Waals surface area contributed by atoms with Gasteiger partial charge in [-0.3, -0.25) is 4.40 Å². The molecule has 0 aliphatic carbocycles. The number of alkyl halides is 1. The van der Waals surface area contributed by atoms with Gasteiger partial charge >= 0.3 is 0 Å². The average molecular weight is 279 g/mol. The lowest BCUT2D eigenvalue weighted by atomic mass is 10.1. The zero-order valence-electron chi connectivity index (χ0n) is 9.76. The summed E-state index contributed by atoms with van der Waals surface area (Å²) in [6.07, 6.45) is 1.97. The number of hydrogen-bond donors (Lipinski definition) is 0. The van der Waals surface area contributed by atoms with E-state index in [-0.39, 0.29) is 0 Å². The molecule has 0 aliphatic heterocycles. The van der Waals surface area contributed by atoms with Gasteiger partial charge in [-0.05, 0) is 12.1 Å². The van der Waals surface area contributed by atoms with Crippen molar-refractivity contribution in [1.29, 1.82) is 0 Å². The molecule has 0 amide bonds. The lowest BCUT2D eigenvalue weighted by Crippen LogP contribution is -1.89. The second-order valence-electron chi connectivity index (χ2n) is 3.84. The monoisotopic (exact) mass is 278 g/mol. The molecule has 0 atom stereocenters. The SMILES string of the molecule is COc1ccccc1-c1csc2nc(CCl)cn12. The minimum Gasteiger partial charge on any atom is -0.496 e. The zero-order chi connectivity index (χ0) is 12.5. The third kappa shape index (κ3) is 1.78. The number of para-hydroxylation sites is 1. The molecular formula is C13H11ClN2OS. The Morgan fingerprint density at radius 1 is 1.39 bits per heavy atom. The van der Waals surface area contributed by atoms with Gasteiger partial charge < -0.3 is 4.74 Å². The molecule has 0 unspecified atom stereocenters. The van der Waals surface area contributed by atoms with Crippen LogP contribution in [0.25, 0.3) is 16.2 Å². The third-order valence-electron chi connectivity index (χ3n) is 2.78. The minimum atomic E-state index is 0.430. The average Bonchev–Trinajstić information content (AvgIpc) is 2.98. The number of hydrogen-bond acceptors (Lipinski definition) is 3. The standard InChI is InChI=1S/C13H11ClN2OS/c1-17-12-5-3-2-4-10(12)11-8-18-13-15-9(6-14)7-16(11)13/h2-5,7-8H,6H2,1H3. The van der Waals surface area contributed by atoms with Crippen molar-refractivity contribution in [3.8, 4) is 17.0 Å². The van der Waals surface area contributed by atoms with Crippen LogP contribution in [0.1, 0.15) is 5.69 Å². The van der Waals surface area contributed by atoms with Crippen LogP contribution < -0.4 is 4.74 Å². The Hall–Kier alpha value is -1.52. The molecule has 18 heavy (non-hydrogen) atoms. The molecule has 3 nitrogen and oxygen atoms in total. The van der Waals surface area contributed by atoms with E-state index in [1.165, 1.54) is 0 Å². The molecule has 0 bridgehead atoms. The van der Waals surface area contributed by atoms with E-state index in [0.29, 0.717) is 5.88 Å². The van der Waals surface area contributed by atoms with Crippen molar-refractivity contribution >= 4 is 27.9 Å². The van der Waals surface area contributed by atoms with E-state index >= 15 is 0 Å². The van der Waals surface area contributed by atoms with Gasteiger partial charge in [0.2, 0.25) is 0 Å². The first-order chi connectivity index (χ1) is 8.83. The van der Waals surface area contributed by atoms with Crippen molar-refractivity contribution in [3.63, 3.8) is 0 Å². The van der Waals surface area contributed by atoms with Crippen molar-refractivity contribution in [2.75, 3.05) is 7.11 Å². The fraction of sp³-hybridized carbons (Fsp3) is 0.154. The normalized spacial score (nSPS) is 11.0. The highest BCUT2D eigenvalue weighted by atomic mass is 35.5. The van der Waals surface area contributed by atoms with E-state index in [0.717, 1.165) is 27.7 Å². The van der Waals surface area contributed by atoms with Gasteiger partial charge in [0.05, 0.1) is 24.4 Å². The van der Waals surface area contributed by atoms with E-state index in [4.69, 9.17) is 16.3 Å². The molecule has 0 aliphatic rings. The molecule has 92 valence electrons. The number of fused-ring (bicyclic) bond motifs is 1. The lowest BCUT2D eigenvalue weighted by molar-refractivity contribution is 0.416. The Morgan fingerprint density at radius 3 is 3.00 bits per heavy atom. The van der Waals surface area contributed by atoms with Crippen LogP contribution in [0.4, 0.5) is 0 Å². The molecular weight excluding hydrogens is 268 g/mol. The van der Waals surface area contributed by atoms with Crippen molar-refractivity contribution in [2.45, 2.75) is 5.88 Å². The van der Waals surface area contributed by atoms with Gasteiger partial charge in [-0.1, -0.05) is 12.1 Å². The summed E-state index contributed by atoms with van der Waals surface area (Å²) in [5, 5.41) is 2.08. The van der Waals surface area contributed by atoms with Gasteiger partial charge in [0.15, 0.2) is 4.96 Å². The topological polar surface area (TPSA) is 26.5 Å². The van der Waals surface area contributed by atoms with Crippen LogP contribution in [0.5, 0.6) is 5.75 Å². The quantitative estimate of drug-likeness (QED) is 0.681. The predicted octanol–water partition coefficient (Wildman–Crippen LogP) is 3.81. The first-order valence-corrected chi connectivity index (χ1v) is 6.89. The maximum absolute atomic E-state index is 5.82. The number of methoxy groups -OCH3 is 1. The van der Waals surface area contributed by atoms with Crippen LogP contribution >= 0.6 is 22.9 Å². The Bertz CT molecular complexity index is 689. The van der Waals surface area contributed by atoms with Gasteiger partial charge in [-0.2, -0.15) is 0 Å². The van der Waals surface area contributed by atoms with Gasteiger partial charge in [-0.25, -0.2) is 4.98 Å². The highest BCUT2D eigenvalue weighted by Gasteiger charge is 2.12. The first-order valence-electron chi connectivity index (χ1n) is 5.48. The summed E-state index contributed by atoms with van der Waals surface area (Å²) in [5.41, 5.74) is 3.03. The second-order valence-corrected chi connectivity index (χ2v) is 4.94. The van der Waals surface area contributed by atoms with E-state index in [9.17, 15) is 0 Å². The predicted molar refractivity (Wildman–Crippen MR) is 74.6 cm³/mol. The zero-order valence-corrected chi connectivity index (χ0v) is 11.3. The molecule has 5 heteroatoms. The minimum absolute atomic E-state index is 0.430. The molecule has 1 aromatic carbocycles. The number of thiazole rings is 1. The Balaban J connectivity index is 2.21. The van der Waals surface area contributed by atoms with Gasteiger partial charge in [-0.15, -0.1) is 22.9 Å². The van der Waals surface area contributed by atoms with E-state index in [1.54, 1.807) is 18.4 Å². The van der Waals surface area contributed by atoms with Crippen LogP contribution in [0, 0.1) is 0 Å². The number of halogens is 1. The molecule has 0 fully saturated rings. The van der Waals surface area contributed by atoms with Crippen molar-refractivity contribution in [3.05, 3.63) is 41.5 Å². The Kier molecular flexibility index (Phi) is 2.97. The van der Waals surface area contributed by atoms with E-state index in [2.05, 4.69) is 14.8 Å². The highest BCUT2D eigenvalue weighted by molar-refractivity contribution is 7.15. The summed E-state index contributed by atoms with van der Waals surface area (Å²) in [4.78, 5) is 5.39. The molecule has 0 spiro atoms. The summed E-state index contributed by atoms with van der Waals surface area (Å²) in [5.74, 6) is 1.29. The summed E-state index contributed by atoms with van der Waals surface area (Å²) in [7, 11) is 1.68. The number of rotatable bonds is 3. The summed E-state index contributed by atoms with van der Waals surface area (Å²) in [6, 6.07) is 7.96. The van der Waals surface area contributed by atoms with Crippen molar-refractivity contribution in [1.82, 2.24) is 9.38 Å². The van der Waals surface area contributed by atoms with Crippen LogP contribution in [-0.2, 0) is 5.88 Å². The molecule has 0 N–H and O–H groups in total. The van der Waals surface area contributed by atoms with Crippen LogP contribution in [0.15, 0.2) is 35.8 Å². The number of imidazole rings is 1. The molecule has 3 aromatic rings. The molecule has 0 radical (unpaired) electrons. The fourth-order valence-corrected chi connectivity index (χ4v) is 2.97. The summed E-state index contributed by atoms with van der Waals surface area (Å²) < 4.78 is 7.45. The number of benzene rings is 1. The largest absolute Gasteiger partial charge is 0.496 e. The summed E-state index contributed by atoms with van der Waals surface area (Å²) in [6.45, 7) is 0. The third-order valence-corrected chi connectivity index (χ3v) is 3.89. The number of aromatic nitrogens is 2. The Morgan fingerprint density at radius 2 is 2.22 bits per heavy atom. The van der Waals surface area contributed by atoms with Gasteiger partial charge in [0, 0.05) is 17.1 Å². The van der Waals surface area contributed by atoms with Crippen molar-refractivity contribution in [2.24, 2.45) is 0 Å². The maximum atomic E-state index is 5.82. The molecule has 2 heterocycles. The Labute approximate surface area is 114 Å². The number of ether oxygens (including phenoxy) is 1. The molecule has 0 saturated carbocycles.